The second kappa shape index (κ2) is 7.93. The average molecular weight is 457 g/mol. The van der Waals surface area contributed by atoms with E-state index in [2.05, 4.69) is 20.4 Å². The van der Waals surface area contributed by atoms with Gasteiger partial charge in [0.05, 0.1) is 24.7 Å². The summed E-state index contributed by atoms with van der Waals surface area (Å²) in [6.07, 6.45) is -0.919. The fourth-order valence-corrected chi connectivity index (χ4v) is 3.54. The number of aryl methyl sites for hydroxylation is 1. The van der Waals surface area contributed by atoms with Gasteiger partial charge in [-0.1, -0.05) is 0 Å². The minimum absolute atomic E-state index is 0.138. The summed E-state index contributed by atoms with van der Waals surface area (Å²) in [6.45, 7) is 2.02. The van der Waals surface area contributed by atoms with E-state index in [-0.39, 0.29) is 6.61 Å². The van der Waals surface area contributed by atoms with E-state index in [4.69, 9.17) is 14.0 Å². The summed E-state index contributed by atoms with van der Waals surface area (Å²) in [5, 5.41) is 0.342. The first-order chi connectivity index (χ1) is 15.8. The lowest BCUT2D eigenvalue weighted by molar-refractivity contribution is -0.137. The number of hydrogen-bond donors (Lipinski definition) is 1. The molecule has 4 heterocycles. The second-order valence-electron chi connectivity index (χ2n) is 7.45. The first-order valence-electron chi connectivity index (χ1n) is 9.94. The summed E-state index contributed by atoms with van der Waals surface area (Å²) in [4.78, 5) is 18.8. The number of alkyl halides is 3. The van der Waals surface area contributed by atoms with E-state index < -0.39 is 17.8 Å². The molecule has 11 heteroatoms. The molecular formula is C22H18F3N5O3. The maximum atomic E-state index is 13.0. The van der Waals surface area contributed by atoms with Crippen molar-refractivity contribution in [2.24, 2.45) is 4.99 Å². The minimum atomic E-state index is -4.43. The van der Waals surface area contributed by atoms with Gasteiger partial charge >= 0.3 is 6.18 Å². The molecule has 1 atom stereocenters. The third-order valence-corrected chi connectivity index (χ3v) is 5.15. The largest absolute Gasteiger partial charge is 0.479 e. The second-order valence-corrected chi connectivity index (χ2v) is 7.45. The number of fused-ring (bicyclic) bond motifs is 1. The Hall–Kier alpha value is -3.86. The van der Waals surface area contributed by atoms with Crippen molar-refractivity contribution in [3.63, 3.8) is 0 Å². The molecule has 0 saturated heterocycles. The minimum Gasteiger partial charge on any atom is -0.479 e. The van der Waals surface area contributed by atoms with Gasteiger partial charge < -0.3 is 13.7 Å². The quantitative estimate of drug-likeness (QED) is 0.490. The number of nitrogens with one attached hydrogen (secondary N) is 1. The Bertz CT molecular complexity index is 1360. The molecule has 1 aliphatic heterocycles. The first kappa shape index (κ1) is 21.0. The number of methoxy groups -OCH3 is 1. The zero-order valence-corrected chi connectivity index (χ0v) is 17.6. The number of pyridine rings is 1. The lowest BCUT2D eigenvalue weighted by Gasteiger charge is -2.20. The molecule has 0 saturated carbocycles. The van der Waals surface area contributed by atoms with Gasteiger partial charge in [-0.3, -0.25) is 9.83 Å². The monoisotopic (exact) mass is 457 g/mol. The van der Waals surface area contributed by atoms with Crippen LogP contribution in [0, 0.1) is 6.92 Å². The molecule has 0 aliphatic carbocycles. The Morgan fingerprint density at radius 3 is 2.76 bits per heavy atom. The Morgan fingerprint density at radius 2 is 2.03 bits per heavy atom. The topological polar surface area (TPSA) is 86.7 Å². The van der Waals surface area contributed by atoms with Crippen molar-refractivity contribution in [2.45, 2.75) is 19.1 Å². The summed E-state index contributed by atoms with van der Waals surface area (Å²) in [7, 11) is 1.51. The molecule has 5 rings (SSSR count). The number of imidazole rings is 1. The van der Waals surface area contributed by atoms with E-state index in [1.807, 2.05) is 19.2 Å². The fourth-order valence-electron chi connectivity index (χ4n) is 3.54. The predicted octanol–water partition coefficient (Wildman–Crippen LogP) is 4.37. The molecular weight excluding hydrogens is 439 g/mol. The van der Waals surface area contributed by atoms with Crippen LogP contribution in [0.3, 0.4) is 0 Å². The van der Waals surface area contributed by atoms with Crippen molar-refractivity contribution in [1.82, 2.24) is 20.0 Å². The van der Waals surface area contributed by atoms with Crippen LogP contribution in [-0.4, -0.2) is 34.1 Å². The predicted molar refractivity (Wildman–Crippen MR) is 112 cm³/mol. The molecule has 1 aromatic carbocycles. The zero-order valence-electron chi connectivity index (χ0n) is 17.6. The molecule has 1 unspecified atom stereocenters. The van der Waals surface area contributed by atoms with Gasteiger partial charge in [0.2, 0.25) is 5.88 Å². The van der Waals surface area contributed by atoms with Crippen LogP contribution in [0.4, 0.5) is 13.2 Å². The van der Waals surface area contributed by atoms with Gasteiger partial charge in [-0.05, 0) is 43.3 Å². The van der Waals surface area contributed by atoms with Gasteiger partial charge in [0.25, 0.3) is 0 Å². The van der Waals surface area contributed by atoms with Crippen LogP contribution < -0.4 is 10.2 Å². The van der Waals surface area contributed by atoms with Crippen LogP contribution in [0.15, 0.2) is 58.3 Å². The van der Waals surface area contributed by atoms with Gasteiger partial charge in [0.1, 0.15) is 35.4 Å². The number of ether oxygens (including phenoxy) is 1. The van der Waals surface area contributed by atoms with Crippen molar-refractivity contribution in [3.05, 3.63) is 71.6 Å². The van der Waals surface area contributed by atoms with Gasteiger partial charge in [-0.2, -0.15) is 13.2 Å². The number of aromatic nitrogens is 3. The fraction of sp³-hybridized carbons (Fsp3) is 0.227. The van der Waals surface area contributed by atoms with Gasteiger partial charge in [-0.25, -0.2) is 15.4 Å². The molecule has 4 aromatic rings. The molecule has 3 aromatic heterocycles. The van der Waals surface area contributed by atoms with Crippen LogP contribution in [0.25, 0.3) is 16.7 Å². The molecule has 33 heavy (non-hydrogen) atoms. The highest BCUT2D eigenvalue weighted by Gasteiger charge is 2.31. The molecule has 0 amide bonds. The van der Waals surface area contributed by atoms with Crippen LogP contribution in [0.5, 0.6) is 5.88 Å². The number of benzene rings is 1. The maximum absolute atomic E-state index is 13.0. The number of hydroxylamine groups is 1. The highest BCUT2D eigenvalue weighted by atomic mass is 19.4. The summed E-state index contributed by atoms with van der Waals surface area (Å²) in [5.41, 5.74) is 4.36. The van der Waals surface area contributed by atoms with Gasteiger partial charge in [0, 0.05) is 11.6 Å². The number of hydrogen-bond acceptors (Lipinski definition) is 7. The SMILES string of the molecule is COc1nc(C2=NC(c3cc4cc(C(F)(F)F)ccc4o3)CON2)ccc1-n1cnc(C)c1. The van der Waals surface area contributed by atoms with E-state index in [1.165, 1.54) is 13.2 Å². The first-order valence-corrected chi connectivity index (χ1v) is 9.94. The highest BCUT2D eigenvalue weighted by Crippen LogP contribution is 2.34. The summed E-state index contributed by atoms with van der Waals surface area (Å²) in [6, 6.07) is 7.89. The third kappa shape index (κ3) is 4.02. The zero-order chi connectivity index (χ0) is 23.2. The Labute approximate surface area is 185 Å². The number of rotatable bonds is 4. The van der Waals surface area contributed by atoms with Crippen LogP contribution in [-0.2, 0) is 11.0 Å². The molecule has 0 radical (unpaired) electrons. The van der Waals surface area contributed by atoms with Crippen LogP contribution in [0.1, 0.15) is 28.8 Å². The number of nitrogens with zero attached hydrogens (tertiary/aromatic N) is 4. The maximum Gasteiger partial charge on any atom is 0.416 e. The van der Waals surface area contributed by atoms with Crippen molar-refractivity contribution < 1.29 is 27.2 Å². The van der Waals surface area contributed by atoms with Gasteiger partial charge in [0.15, 0.2) is 5.84 Å². The molecule has 1 N–H and O–H groups in total. The van der Waals surface area contributed by atoms with E-state index in [0.717, 1.165) is 17.8 Å². The molecule has 0 fully saturated rings. The number of aliphatic imine (C=N–C) groups is 1. The summed E-state index contributed by atoms with van der Waals surface area (Å²) < 4.78 is 52.0. The standard InChI is InChI=1S/C22H18F3N5O3/c1-12-9-30(11-26-12)17-5-4-15(28-21(17)31-2)20-27-16(10-32-29-20)19-8-13-7-14(22(23,24)25)3-6-18(13)33-19/h3-9,11,16H,10H2,1-2H3,(H,27,29). The van der Waals surface area contributed by atoms with E-state index in [9.17, 15) is 13.2 Å². The van der Waals surface area contributed by atoms with E-state index in [1.54, 1.807) is 23.0 Å². The number of furan rings is 1. The summed E-state index contributed by atoms with van der Waals surface area (Å²) in [5.74, 6) is 1.09. The number of amidine groups is 1. The molecule has 1 aliphatic rings. The Balaban J connectivity index is 1.47. The van der Waals surface area contributed by atoms with Crippen molar-refractivity contribution in [3.8, 4) is 11.6 Å². The van der Waals surface area contributed by atoms with E-state index >= 15 is 0 Å². The smallest absolute Gasteiger partial charge is 0.416 e. The normalized spacial score (nSPS) is 16.5. The lowest BCUT2D eigenvalue weighted by atomic mass is 10.1. The van der Waals surface area contributed by atoms with E-state index in [0.29, 0.717) is 39.8 Å². The highest BCUT2D eigenvalue weighted by molar-refractivity contribution is 5.97. The third-order valence-electron chi connectivity index (χ3n) is 5.15. The number of halogens is 3. The Kier molecular flexibility index (Phi) is 5.05. The average Bonchev–Trinajstić information content (AvgIpc) is 3.44. The molecule has 0 spiro atoms. The van der Waals surface area contributed by atoms with Crippen molar-refractivity contribution >= 4 is 16.8 Å². The van der Waals surface area contributed by atoms with Crippen LogP contribution >= 0.6 is 0 Å². The molecule has 8 nitrogen and oxygen atoms in total. The lowest BCUT2D eigenvalue weighted by Crippen LogP contribution is -2.33. The Morgan fingerprint density at radius 1 is 1.18 bits per heavy atom. The summed E-state index contributed by atoms with van der Waals surface area (Å²) >= 11 is 0. The van der Waals surface area contributed by atoms with Crippen molar-refractivity contribution in [1.29, 1.82) is 0 Å². The molecule has 170 valence electrons. The molecule has 0 bridgehead atoms. The van der Waals surface area contributed by atoms with Crippen LogP contribution in [0.2, 0.25) is 0 Å². The van der Waals surface area contributed by atoms with Crippen molar-refractivity contribution in [2.75, 3.05) is 13.7 Å². The van der Waals surface area contributed by atoms with Gasteiger partial charge in [-0.15, -0.1) is 0 Å².